The lowest BCUT2D eigenvalue weighted by Crippen LogP contribution is -2.23. The standard InChI is InChI=1S/C19H16N4O5/c20-15-7-6-13(10-16(15)23(26)27)18(24)21-11-12-3-1-4-14(9-12)22-19(25)17-5-2-8-28-17/h1-10H,11,20H2,(H,21,24)(H,22,25). The smallest absolute Gasteiger partial charge is 0.292 e. The highest BCUT2D eigenvalue weighted by atomic mass is 16.6. The molecule has 0 unspecified atom stereocenters. The van der Waals surface area contributed by atoms with Crippen LogP contribution in [0.4, 0.5) is 17.1 Å². The molecule has 0 radical (unpaired) electrons. The van der Waals surface area contributed by atoms with Gasteiger partial charge in [-0.05, 0) is 42.0 Å². The number of carbonyl (C=O) groups excluding carboxylic acids is 2. The fourth-order valence-corrected chi connectivity index (χ4v) is 2.49. The van der Waals surface area contributed by atoms with Crippen molar-refractivity contribution in [3.63, 3.8) is 0 Å². The van der Waals surface area contributed by atoms with Gasteiger partial charge in [-0.15, -0.1) is 0 Å². The van der Waals surface area contributed by atoms with E-state index in [-0.39, 0.29) is 35.2 Å². The first kappa shape index (κ1) is 18.6. The molecule has 4 N–H and O–H groups in total. The molecule has 142 valence electrons. The summed E-state index contributed by atoms with van der Waals surface area (Å²) in [5.41, 5.74) is 6.59. The number of nitrogens with zero attached hydrogens (tertiary/aromatic N) is 1. The number of nitrogens with one attached hydrogen (secondary N) is 2. The van der Waals surface area contributed by atoms with Crippen LogP contribution in [0.1, 0.15) is 26.5 Å². The van der Waals surface area contributed by atoms with E-state index in [1.807, 2.05) is 0 Å². The Labute approximate surface area is 159 Å². The summed E-state index contributed by atoms with van der Waals surface area (Å²) in [5.74, 6) is -0.683. The van der Waals surface area contributed by atoms with Gasteiger partial charge in [0.05, 0.1) is 11.2 Å². The van der Waals surface area contributed by atoms with Gasteiger partial charge < -0.3 is 20.8 Å². The van der Waals surface area contributed by atoms with E-state index in [1.54, 1.807) is 36.4 Å². The van der Waals surface area contributed by atoms with Crippen molar-refractivity contribution in [2.45, 2.75) is 6.54 Å². The molecule has 0 spiro atoms. The molecule has 0 bridgehead atoms. The summed E-state index contributed by atoms with van der Waals surface area (Å²) in [4.78, 5) is 34.6. The van der Waals surface area contributed by atoms with E-state index in [1.165, 1.54) is 18.4 Å². The van der Waals surface area contributed by atoms with Gasteiger partial charge in [0, 0.05) is 23.9 Å². The Hall–Kier alpha value is -4.14. The van der Waals surface area contributed by atoms with Crippen LogP contribution >= 0.6 is 0 Å². The number of benzene rings is 2. The monoisotopic (exact) mass is 380 g/mol. The quantitative estimate of drug-likeness (QED) is 0.341. The van der Waals surface area contributed by atoms with Crippen molar-refractivity contribution in [3.05, 3.63) is 87.9 Å². The predicted octanol–water partition coefficient (Wildman–Crippen LogP) is 2.95. The maximum absolute atomic E-state index is 12.3. The maximum Gasteiger partial charge on any atom is 0.292 e. The molecule has 1 aromatic heterocycles. The van der Waals surface area contributed by atoms with Crippen molar-refractivity contribution >= 4 is 28.9 Å². The molecule has 0 atom stereocenters. The van der Waals surface area contributed by atoms with Crippen LogP contribution in [-0.2, 0) is 6.54 Å². The largest absolute Gasteiger partial charge is 0.459 e. The molecule has 0 aliphatic carbocycles. The molecule has 2 amide bonds. The third-order valence-electron chi connectivity index (χ3n) is 3.87. The fraction of sp³-hybridized carbons (Fsp3) is 0.0526. The first-order valence-electron chi connectivity index (χ1n) is 8.20. The lowest BCUT2D eigenvalue weighted by atomic mass is 10.1. The van der Waals surface area contributed by atoms with E-state index in [9.17, 15) is 19.7 Å². The number of carbonyl (C=O) groups is 2. The van der Waals surface area contributed by atoms with Crippen LogP contribution in [0.5, 0.6) is 0 Å². The minimum Gasteiger partial charge on any atom is -0.459 e. The number of nitro groups is 1. The van der Waals surface area contributed by atoms with E-state index >= 15 is 0 Å². The number of amides is 2. The molecule has 0 aliphatic rings. The molecule has 28 heavy (non-hydrogen) atoms. The maximum atomic E-state index is 12.3. The second kappa shape index (κ2) is 8.04. The Morgan fingerprint density at radius 2 is 1.89 bits per heavy atom. The molecular weight excluding hydrogens is 364 g/mol. The molecule has 9 nitrogen and oxygen atoms in total. The van der Waals surface area contributed by atoms with Gasteiger partial charge in [0.25, 0.3) is 17.5 Å². The van der Waals surface area contributed by atoms with Crippen LogP contribution < -0.4 is 16.4 Å². The van der Waals surface area contributed by atoms with Crippen LogP contribution in [0.3, 0.4) is 0 Å². The van der Waals surface area contributed by atoms with Crippen molar-refractivity contribution in [2.24, 2.45) is 0 Å². The second-order valence-electron chi connectivity index (χ2n) is 5.85. The molecule has 0 saturated heterocycles. The zero-order valence-corrected chi connectivity index (χ0v) is 14.5. The normalized spacial score (nSPS) is 10.3. The summed E-state index contributed by atoms with van der Waals surface area (Å²) in [5, 5.41) is 16.3. The van der Waals surface area contributed by atoms with Crippen molar-refractivity contribution in [1.82, 2.24) is 5.32 Å². The lowest BCUT2D eigenvalue weighted by molar-refractivity contribution is -0.383. The number of nitrogen functional groups attached to an aromatic ring is 1. The molecule has 2 aromatic carbocycles. The topological polar surface area (TPSA) is 140 Å². The first-order chi connectivity index (χ1) is 13.4. The van der Waals surface area contributed by atoms with Gasteiger partial charge >= 0.3 is 0 Å². The van der Waals surface area contributed by atoms with Crippen molar-refractivity contribution in [1.29, 1.82) is 0 Å². The Balaban J connectivity index is 1.65. The zero-order chi connectivity index (χ0) is 20.1. The number of nitro benzene ring substituents is 1. The summed E-state index contributed by atoms with van der Waals surface area (Å²) in [6.07, 6.45) is 1.41. The SMILES string of the molecule is Nc1ccc(C(=O)NCc2cccc(NC(=O)c3ccco3)c2)cc1[N+](=O)[O-]. The van der Waals surface area contributed by atoms with Crippen molar-refractivity contribution in [2.75, 3.05) is 11.1 Å². The molecule has 9 heteroatoms. The van der Waals surface area contributed by atoms with Crippen LogP contribution in [0.15, 0.2) is 65.3 Å². The number of hydrogen-bond acceptors (Lipinski definition) is 6. The number of furan rings is 1. The lowest BCUT2D eigenvalue weighted by Gasteiger charge is -2.08. The average molecular weight is 380 g/mol. The van der Waals surface area contributed by atoms with Gasteiger partial charge in [-0.1, -0.05) is 12.1 Å². The third kappa shape index (κ3) is 4.33. The molecule has 3 rings (SSSR count). The van der Waals surface area contributed by atoms with Gasteiger partial charge in [-0.3, -0.25) is 19.7 Å². The van der Waals surface area contributed by atoms with Crippen molar-refractivity contribution in [3.8, 4) is 0 Å². The summed E-state index contributed by atoms with van der Waals surface area (Å²) >= 11 is 0. The molecule has 0 aliphatic heterocycles. The van der Waals surface area contributed by atoms with E-state index in [2.05, 4.69) is 10.6 Å². The highest BCUT2D eigenvalue weighted by Gasteiger charge is 2.15. The highest BCUT2D eigenvalue weighted by Crippen LogP contribution is 2.22. The minimum atomic E-state index is -0.642. The zero-order valence-electron chi connectivity index (χ0n) is 14.5. The molecule has 1 heterocycles. The van der Waals surface area contributed by atoms with Crippen molar-refractivity contribution < 1.29 is 18.9 Å². The van der Waals surface area contributed by atoms with Gasteiger partial charge in [-0.25, -0.2) is 0 Å². The Morgan fingerprint density at radius 3 is 2.61 bits per heavy atom. The van der Waals surface area contributed by atoms with Gasteiger partial charge in [0.1, 0.15) is 5.69 Å². The Morgan fingerprint density at radius 1 is 1.07 bits per heavy atom. The molecular formula is C19H16N4O5. The van der Waals surface area contributed by atoms with Crippen LogP contribution in [-0.4, -0.2) is 16.7 Å². The molecule has 3 aromatic rings. The summed E-state index contributed by atoms with van der Waals surface area (Å²) in [7, 11) is 0. The molecule has 0 saturated carbocycles. The summed E-state index contributed by atoms with van der Waals surface area (Å²) in [6, 6.07) is 13.9. The first-order valence-corrected chi connectivity index (χ1v) is 8.20. The van der Waals surface area contributed by atoms with Crippen LogP contribution in [0.25, 0.3) is 0 Å². The number of nitrogens with two attached hydrogens (primary N) is 1. The number of anilines is 2. The summed E-state index contributed by atoms with van der Waals surface area (Å²) < 4.78 is 5.03. The van der Waals surface area contributed by atoms with E-state index in [0.717, 1.165) is 11.6 Å². The highest BCUT2D eigenvalue weighted by molar-refractivity contribution is 6.02. The number of rotatable bonds is 6. The van der Waals surface area contributed by atoms with E-state index < -0.39 is 10.8 Å². The van der Waals surface area contributed by atoms with E-state index in [4.69, 9.17) is 10.2 Å². The van der Waals surface area contributed by atoms with Gasteiger partial charge in [0.2, 0.25) is 0 Å². The minimum absolute atomic E-state index is 0.0125. The van der Waals surface area contributed by atoms with E-state index in [0.29, 0.717) is 5.69 Å². The third-order valence-corrected chi connectivity index (χ3v) is 3.87. The average Bonchev–Trinajstić information content (AvgIpc) is 3.21. The second-order valence-corrected chi connectivity index (χ2v) is 5.85. The fourth-order valence-electron chi connectivity index (χ4n) is 2.49. The molecule has 0 fully saturated rings. The Kier molecular flexibility index (Phi) is 5.35. The van der Waals surface area contributed by atoms with Gasteiger partial charge in [-0.2, -0.15) is 0 Å². The van der Waals surface area contributed by atoms with Gasteiger partial charge in [0.15, 0.2) is 5.76 Å². The Bertz CT molecular complexity index is 1030. The van der Waals surface area contributed by atoms with Crippen LogP contribution in [0.2, 0.25) is 0 Å². The summed E-state index contributed by atoms with van der Waals surface area (Å²) in [6.45, 7) is 0.168. The number of hydrogen-bond donors (Lipinski definition) is 3. The predicted molar refractivity (Wildman–Crippen MR) is 102 cm³/mol. The van der Waals surface area contributed by atoms with Crippen LogP contribution in [0, 0.1) is 10.1 Å².